The highest BCUT2D eigenvalue weighted by molar-refractivity contribution is 5.85. The summed E-state index contributed by atoms with van der Waals surface area (Å²) in [5.74, 6) is 4.53. The van der Waals surface area contributed by atoms with Gasteiger partial charge in [0.15, 0.2) is 0 Å². The minimum atomic E-state index is -0.300. The van der Waals surface area contributed by atoms with E-state index in [1.54, 1.807) is 6.20 Å². The Morgan fingerprint density at radius 1 is 1.73 bits per heavy atom. The molecule has 1 aromatic rings. The first-order valence-corrected chi connectivity index (χ1v) is 2.66. The fourth-order valence-corrected chi connectivity index (χ4v) is 0.510. The molecule has 1 heterocycles. The topological polar surface area (TPSA) is 85.8 Å². The molecule has 11 heavy (non-hydrogen) atoms. The number of amides is 1. The second kappa shape index (κ2) is 4.64. The van der Waals surface area contributed by atoms with Gasteiger partial charge in [0.05, 0.1) is 6.20 Å². The van der Waals surface area contributed by atoms with E-state index in [0.717, 1.165) is 0 Å². The van der Waals surface area contributed by atoms with Gasteiger partial charge < -0.3 is 0 Å². The molecule has 0 aliphatic rings. The number of carbonyl (C=O) groups is 1. The van der Waals surface area contributed by atoms with Crippen LogP contribution in [0.3, 0.4) is 0 Å². The summed E-state index contributed by atoms with van der Waals surface area (Å²) in [6, 6.07) is 0. The lowest BCUT2D eigenvalue weighted by molar-refractivity contribution is -0.121. The standard InChI is InChI=1S/C4H7N5O.ClH/c5-7-4(10)3-9-2-1-6-8-9;/h1-2H,3,5H2,(H,7,10);1H. The quantitative estimate of drug-likeness (QED) is 0.334. The van der Waals surface area contributed by atoms with E-state index in [0.29, 0.717) is 0 Å². The predicted octanol–water partition coefficient (Wildman–Crippen LogP) is -1.31. The van der Waals surface area contributed by atoms with E-state index in [4.69, 9.17) is 5.84 Å². The molecular formula is C4H8ClN5O. The Morgan fingerprint density at radius 2 is 2.45 bits per heavy atom. The maximum absolute atomic E-state index is 10.6. The van der Waals surface area contributed by atoms with Gasteiger partial charge in [0.1, 0.15) is 6.54 Å². The lowest BCUT2D eigenvalue weighted by Gasteiger charge is -1.96. The second-order valence-electron chi connectivity index (χ2n) is 1.67. The van der Waals surface area contributed by atoms with E-state index in [9.17, 15) is 4.79 Å². The molecule has 7 heteroatoms. The van der Waals surface area contributed by atoms with Crippen molar-refractivity contribution in [1.82, 2.24) is 20.4 Å². The van der Waals surface area contributed by atoms with Crippen LogP contribution >= 0.6 is 12.4 Å². The summed E-state index contributed by atoms with van der Waals surface area (Å²) in [7, 11) is 0. The van der Waals surface area contributed by atoms with Crippen molar-refractivity contribution in [3.05, 3.63) is 12.4 Å². The van der Waals surface area contributed by atoms with Crippen LogP contribution in [-0.2, 0) is 11.3 Å². The summed E-state index contributed by atoms with van der Waals surface area (Å²) in [6.07, 6.45) is 3.07. The van der Waals surface area contributed by atoms with Crippen molar-refractivity contribution in [2.75, 3.05) is 0 Å². The number of hydrogen-bond donors (Lipinski definition) is 2. The van der Waals surface area contributed by atoms with Gasteiger partial charge in [-0.2, -0.15) is 0 Å². The lowest BCUT2D eigenvalue weighted by Crippen LogP contribution is -2.33. The molecule has 0 fully saturated rings. The summed E-state index contributed by atoms with van der Waals surface area (Å²) >= 11 is 0. The van der Waals surface area contributed by atoms with Crippen LogP contribution in [0, 0.1) is 0 Å². The minimum absolute atomic E-state index is 0. The van der Waals surface area contributed by atoms with Crippen LogP contribution < -0.4 is 11.3 Å². The van der Waals surface area contributed by atoms with Crippen molar-refractivity contribution in [2.45, 2.75) is 6.54 Å². The average Bonchev–Trinajstić information content (AvgIpc) is 2.40. The number of carbonyl (C=O) groups excluding carboxylic acids is 1. The van der Waals surface area contributed by atoms with Crippen LogP contribution in [-0.4, -0.2) is 20.9 Å². The van der Waals surface area contributed by atoms with Gasteiger partial charge in [-0.25, -0.2) is 10.5 Å². The Balaban J connectivity index is 0.000001000. The fraction of sp³-hybridized carbons (Fsp3) is 0.250. The summed E-state index contributed by atoms with van der Waals surface area (Å²) in [5.41, 5.74) is 1.98. The van der Waals surface area contributed by atoms with Crippen LogP contribution in [0.15, 0.2) is 12.4 Å². The maximum Gasteiger partial charge on any atom is 0.255 e. The minimum Gasteiger partial charge on any atom is -0.293 e. The largest absolute Gasteiger partial charge is 0.293 e. The van der Waals surface area contributed by atoms with E-state index in [2.05, 4.69) is 10.3 Å². The SMILES string of the molecule is Cl.NNC(=O)Cn1ccnn1. The molecule has 1 rings (SSSR count). The third kappa shape index (κ3) is 2.96. The van der Waals surface area contributed by atoms with Crippen LogP contribution in [0.1, 0.15) is 0 Å². The Bertz CT molecular complexity index is 210. The Kier molecular flexibility index (Phi) is 4.16. The number of nitrogens with two attached hydrogens (primary N) is 1. The number of hydrogen-bond acceptors (Lipinski definition) is 4. The van der Waals surface area contributed by atoms with Crippen LogP contribution in [0.5, 0.6) is 0 Å². The highest BCUT2D eigenvalue weighted by Gasteiger charge is 1.98. The smallest absolute Gasteiger partial charge is 0.255 e. The molecular weight excluding hydrogens is 170 g/mol. The van der Waals surface area contributed by atoms with Gasteiger partial charge in [-0.3, -0.25) is 10.2 Å². The van der Waals surface area contributed by atoms with Crippen molar-refractivity contribution < 1.29 is 4.79 Å². The number of hydrazine groups is 1. The zero-order chi connectivity index (χ0) is 7.40. The van der Waals surface area contributed by atoms with Gasteiger partial charge in [-0.1, -0.05) is 5.21 Å². The summed E-state index contributed by atoms with van der Waals surface area (Å²) in [6.45, 7) is 0.108. The Hall–Kier alpha value is -1.14. The molecule has 1 aromatic heterocycles. The first kappa shape index (κ1) is 9.86. The molecule has 0 spiro atoms. The average molecular weight is 178 g/mol. The van der Waals surface area contributed by atoms with E-state index in [-0.39, 0.29) is 24.9 Å². The van der Waals surface area contributed by atoms with Gasteiger partial charge >= 0.3 is 0 Å². The Labute approximate surface area is 69.1 Å². The molecule has 0 saturated heterocycles. The monoisotopic (exact) mass is 177 g/mol. The molecule has 0 unspecified atom stereocenters. The molecule has 0 saturated carbocycles. The van der Waals surface area contributed by atoms with Crippen molar-refractivity contribution >= 4 is 18.3 Å². The first-order valence-electron chi connectivity index (χ1n) is 2.66. The van der Waals surface area contributed by atoms with Crippen molar-refractivity contribution in [1.29, 1.82) is 0 Å². The maximum atomic E-state index is 10.6. The lowest BCUT2D eigenvalue weighted by atomic mass is 10.6. The molecule has 3 N–H and O–H groups in total. The molecule has 0 aliphatic carbocycles. The van der Waals surface area contributed by atoms with Gasteiger partial charge in [0, 0.05) is 6.20 Å². The van der Waals surface area contributed by atoms with Gasteiger partial charge in [-0.05, 0) is 0 Å². The Morgan fingerprint density at radius 3 is 2.91 bits per heavy atom. The normalized spacial score (nSPS) is 8.45. The molecule has 0 aliphatic heterocycles. The number of nitrogens with one attached hydrogen (secondary N) is 1. The van der Waals surface area contributed by atoms with Gasteiger partial charge in [0.25, 0.3) is 5.91 Å². The number of nitrogens with zero attached hydrogens (tertiary/aromatic N) is 3. The number of rotatable bonds is 2. The first-order chi connectivity index (χ1) is 4.83. The summed E-state index contributed by atoms with van der Waals surface area (Å²) < 4.78 is 1.38. The zero-order valence-electron chi connectivity index (χ0n) is 5.60. The van der Waals surface area contributed by atoms with Crippen LogP contribution in [0.2, 0.25) is 0 Å². The van der Waals surface area contributed by atoms with E-state index < -0.39 is 0 Å². The summed E-state index contributed by atoms with van der Waals surface area (Å²) in [5, 5.41) is 7.06. The second-order valence-corrected chi connectivity index (χ2v) is 1.67. The van der Waals surface area contributed by atoms with Crippen molar-refractivity contribution in [3.8, 4) is 0 Å². The molecule has 1 amide bonds. The van der Waals surface area contributed by atoms with E-state index in [1.165, 1.54) is 10.9 Å². The van der Waals surface area contributed by atoms with Crippen molar-refractivity contribution in [2.24, 2.45) is 5.84 Å². The van der Waals surface area contributed by atoms with E-state index in [1.807, 2.05) is 5.43 Å². The third-order valence-corrected chi connectivity index (χ3v) is 0.939. The van der Waals surface area contributed by atoms with E-state index >= 15 is 0 Å². The predicted molar refractivity (Wildman–Crippen MR) is 39.6 cm³/mol. The molecule has 0 aromatic carbocycles. The third-order valence-electron chi connectivity index (χ3n) is 0.939. The number of aromatic nitrogens is 3. The van der Waals surface area contributed by atoms with Crippen molar-refractivity contribution in [3.63, 3.8) is 0 Å². The number of halogens is 1. The molecule has 0 atom stereocenters. The van der Waals surface area contributed by atoms with Gasteiger partial charge in [0.2, 0.25) is 0 Å². The highest BCUT2D eigenvalue weighted by Crippen LogP contribution is 1.78. The fourth-order valence-electron chi connectivity index (χ4n) is 0.510. The summed E-state index contributed by atoms with van der Waals surface area (Å²) in [4.78, 5) is 10.6. The van der Waals surface area contributed by atoms with Gasteiger partial charge in [-0.15, -0.1) is 17.5 Å². The van der Waals surface area contributed by atoms with Crippen LogP contribution in [0.4, 0.5) is 0 Å². The molecule has 6 nitrogen and oxygen atoms in total. The zero-order valence-corrected chi connectivity index (χ0v) is 6.41. The molecule has 62 valence electrons. The van der Waals surface area contributed by atoms with Crippen LogP contribution in [0.25, 0.3) is 0 Å². The molecule has 0 radical (unpaired) electrons. The molecule has 0 bridgehead atoms. The highest BCUT2D eigenvalue weighted by atomic mass is 35.5.